The lowest BCUT2D eigenvalue weighted by Crippen LogP contribution is -2.48. The molecule has 0 radical (unpaired) electrons. The molecule has 2 aliphatic rings. The van der Waals surface area contributed by atoms with E-state index in [0.717, 1.165) is 0 Å². The Morgan fingerprint density at radius 3 is 2.20 bits per heavy atom. The standard InChI is InChI=1S/C12H16F4N2O2/c1-5-3-18(4-6(2)20-5)12-9(15)7(13)11(17-19)8(14)10(12)16/h5-7,11,17,19H,3-4H2,1-2H3. The summed E-state index contributed by atoms with van der Waals surface area (Å²) in [5.41, 5.74) is 0.507. The van der Waals surface area contributed by atoms with E-state index >= 15 is 0 Å². The average molecular weight is 296 g/mol. The third-order valence-corrected chi connectivity index (χ3v) is 3.33. The largest absolute Gasteiger partial charge is 0.372 e. The molecule has 1 heterocycles. The maximum atomic E-state index is 14.0. The second kappa shape index (κ2) is 5.71. The van der Waals surface area contributed by atoms with Crippen LogP contribution in [0.2, 0.25) is 0 Å². The lowest BCUT2D eigenvalue weighted by molar-refractivity contribution is -0.0595. The number of ether oxygens (including phenoxy) is 1. The highest BCUT2D eigenvalue weighted by Crippen LogP contribution is 2.37. The molecule has 4 atom stereocenters. The highest BCUT2D eigenvalue weighted by atomic mass is 19.2. The Kier molecular flexibility index (Phi) is 4.36. The molecule has 8 heteroatoms. The molecule has 0 amide bonds. The molecule has 0 aromatic rings. The summed E-state index contributed by atoms with van der Waals surface area (Å²) in [5, 5.41) is 8.59. The summed E-state index contributed by atoms with van der Waals surface area (Å²) in [6.07, 6.45) is -3.12. The number of hydrogen-bond acceptors (Lipinski definition) is 4. The fourth-order valence-corrected chi connectivity index (χ4v) is 2.53. The fourth-order valence-electron chi connectivity index (χ4n) is 2.53. The highest BCUT2D eigenvalue weighted by Gasteiger charge is 2.42. The van der Waals surface area contributed by atoms with E-state index in [1.165, 1.54) is 10.4 Å². The molecule has 1 fully saturated rings. The Hall–Kier alpha value is -1.12. The minimum absolute atomic E-state index is 0.123. The van der Waals surface area contributed by atoms with E-state index in [1.807, 2.05) is 0 Å². The minimum Gasteiger partial charge on any atom is -0.372 e. The van der Waals surface area contributed by atoms with Gasteiger partial charge in [-0.25, -0.2) is 17.6 Å². The van der Waals surface area contributed by atoms with Crippen LogP contribution in [0.5, 0.6) is 0 Å². The second-order valence-corrected chi connectivity index (χ2v) is 5.03. The normalized spacial score (nSPS) is 35.9. The molecule has 2 rings (SSSR count). The van der Waals surface area contributed by atoms with E-state index in [-0.39, 0.29) is 25.3 Å². The molecule has 1 aliphatic heterocycles. The summed E-state index contributed by atoms with van der Waals surface area (Å²) in [6, 6.07) is -2.06. The van der Waals surface area contributed by atoms with Crippen LogP contribution >= 0.6 is 0 Å². The number of rotatable bonds is 2. The van der Waals surface area contributed by atoms with E-state index in [0.29, 0.717) is 0 Å². The predicted molar refractivity (Wildman–Crippen MR) is 62.6 cm³/mol. The fraction of sp³-hybridized carbons (Fsp3) is 0.667. The Morgan fingerprint density at radius 2 is 1.70 bits per heavy atom. The van der Waals surface area contributed by atoms with Crippen molar-refractivity contribution in [2.45, 2.75) is 38.3 Å². The summed E-state index contributed by atoms with van der Waals surface area (Å²) in [5.74, 6) is -4.48. The van der Waals surface area contributed by atoms with Gasteiger partial charge in [0.25, 0.3) is 0 Å². The first-order valence-corrected chi connectivity index (χ1v) is 6.26. The zero-order valence-electron chi connectivity index (χ0n) is 11.0. The van der Waals surface area contributed by atoms with Crippen molar-refractivity contribution in [1.29, 1.82) is 0 Å². The summed E-state index contributed by atoms with van der Waals surface area (Å²) in [4.78, 5) is 1.23. The van der Waals surface area contributed by atoms with Gasteiger partial charge in [0.2, 0.25) is 0 Å². The number of halogens is 4. The third-order valence-electron chi connectivity index (χ3n) is 3.33. The van der Waals surface area contributed by atoms with Crippen LogP contribution in [0.25, 0.3) is 0 Å². The van der Waals surface area contributed by atoms with Crippen molar-refractivity contribution in [3.63, 3.8) is 0 Å². The molecule has 1 saturated heterocycles. The van der Waals surface area contributed by atoms with Gasteiger partial charge in [-0.05, 0) is 13.8 Å². The van der Waals surface area contributed by atoms with Crippen molar-refractivity contribution in [3.8, 4) is 0 Å². The summed E-state index contributed by atoms with van der Waals surface area (Å²) in [7, 11) is 0. The van der Waals surface area contributed by atoms with Gasteiger partial charge in [-0.2, -0.15) is 5.48 Å². The lowest BCUT2D eigenvalue weighted by Gasteiger charge is -2.39. The van der Waals surface area contributed by atoms with E-state index in [2.05, 4.69) is 0 Å². The van der Waals surface area contributed by atoms with Crippen LogP contribution < -0.4 is 5.48 Å². The smallest absolute Gasteiger partial charge is 0.182 e. The van der Waals surface area contributed by atoms with Gasteiger partial charge in [0.1, 0.15) is 11.7 Å². The maximum absolute atomic E-state index is 14.0. The van der Waals surface area contributed by atoms with Crippen molar-refractivity contribution in [2.75, 3.05) is 13.1 Å². The number of nitrogens with zero attached hydrogens (tertiary/aromatic N) is 1. The van der Waals surface area contributed by atoms with Gasteiger partial charge in [-0.1, -0.05) is 0 Å². The highest BCUT2D eigenvalue weighted by molar-refractivity contribution is 5.39. The van der Waals surface area contributed by atoms with Gasteiger partial charge >= 0.3 is 0 Å². The van der Waals surface area contributed by atoms with Crippen molar-refractivity contribution in [1.82, 2.24) is 10.4 Å². The van der Waals surface area contributed by atoms with Gasteiger partial charge in [0.05, 0.1) is 12.2 Å². The first-order chi connectivity index (χ1) is 9.36. The number of allylic oxidation sites excluding steroid dienone is 1. The molecular formula is C12H16F4N2O2. The van der Waals surface area contributed by atoms with Gasteiger partial charge in [-0.3, -0.25) is 0 Å². The zero-order valence-corrected chi connectivity index (χ0v) is 11.0. The summed E-state index contributed by atoms with van der Waals surface area (Å²) < 4.78 is 60.7. The second-order valence-electron chi connectivity index (χ2n) is 5.03. The molecule has 20 heavy (non-hydrogen) atoms. The molecule has 0 saturated carbocycles. The van der Waals surface area contributed by atoms with E-state index < -0.39 is 35.4 Å². The number of hydrogen-bond donors (Lipinski definition) is 2. The molecule has 4 nitrogen and oxygen atoms in total. The predicted octanol–water partition coefficient (Wildman–Crippen LogP) is 2.13. The zero-order chi connectivity index (χ0) is 15.0. The molecule has 2 N–H and O–H groups in total. The SMILES string of the molecule is CC1CN(C2=C(F)C(F)C(NO)C(F)=C2F)CC(C)O1. The van der Waals surface area contributed by atoms with E-state index in [9.17, 15) is 17.6 Å². The number of nitrogens with one attached hydrogen (secondary N) is 1. The molecular weight excluding hydrogens is 280 g/mol. The number of morpholine rings is 1. The van der Waals surface area contributed by atoms with Crippen LogP contribution in [-0.4, -0.2) is 47.6 Å². The average Bonchev–Trinajstić information content (AvgIpc) is 2.36. The van der Waals surface area contributed by atoms with Gasteiger partial charge in [0, 0.05) is 13.1 Å². The van der Waals surface area contributed by atoms with Crippen LogP contribution in [0, 0.1) is 0 Å². The van der Waals surface area contributed by atoms with Gasteiger partial charge in [-0.15, -0.1) is 0 Å². The van der Waals surface area contributed by atoms with Crippen LogP contribution in [0.1, 0.15) is 13.8 Å². The van der Waals surface area contributed by atoms with Crippen molar-refractivity contribution in [2.24, 2.45) is 0 Å². The van der Waals surface area contributed by atoms with Crippen LogP contribution in [0.15, 0.2) is 23.2 Å². The first-order valence-electron chi connectivity index (χ1n) is 6.26. The monoisotopic (exact) mass is 296 g/mol. The van der Waals surface area contributed by atoms with Crippen LogP contribution in [0.4, 0.5) is 17.6 Å². The van der Waals surface area contributed by atoms with Crippen molar-refractivity contribution >= 4 is 0 Å². The lowest BCUT2D eigenvalue weighted by atomic mass is 10.0. The topological polar surface area (TPSA) is 44.7 Å². The van der Waals surface area contributed by atoms with Crippen molar-refractivity contribution < 1.29 is 27.5 Å². The molecule has 0 bridgehead atoms. The Balaban J connectivity index is 2.37. The van der Waals surface area contributed by atoms with Crippen molar-refractivity contribution in [3.05, 3.63) is 23.2 Å². The molecule has 1 aliphatic carbocycles. The van der Waals surface area contributed by atoms with Gasteiger partial charge in [0.15, 0.2) is 23.7 Å². The quantitative estimate of drug-likeness (QED) is 0.605. The first kappa shape index (κ1) is 15.3. The maximum Gasteiger partial charge on any atom is 0.182 e. The summed E-state index contributed by atoms with van der Waals surface area (Å²) >= 11 is 0. The Morgan fingerprint density at radius 1 is 1.15 bits per heavy atom. The van der Waals surface area contributed by atoms with Gasteiger partial charge < -0.3 is 14.8 Å². The van der Waals surface area contributed by atoms with E-state index in [4.69, 9.17) is 9.94 Å². The Labute approximate surface area is 113 Å². The van der Waals surface area contributed by atoms with E-state index in [1.54, 1.807) is 13.8 Å². The molecule has 114 valence electrons. The van der Waals surface area contributed by atoms with Crippen LogP contribution in [-0.2, 0) is 4.74 Å². The Bertz CT molecular complexity index is 445. The molecule has 4 unspecified atom stereocenters. The molecule has 0 aromatic carbocycles. The number of alkyl halides is 1. The molecule has 0 spiro atoms. The van der Waals surface area contributed by atoms with Crippen LogP contribution in [0.3, 0.4) is 0 Å². The summed E-state index contributed by atoms with van der Waals surface area (Å²) in [6.45, 7) is 3.65. The number of hydroxylamine groups is 1. The third kappa shape index (κ3) is 2.55. The minimum atomic E-state index is -2.48. The molecule has 0 aromatic heterocycles.